The number of rotatable bonds is 4. The van der Waals surface area contributed by atoms with Crippen molar-refractivity contribution in [3.63, 3.8) is 0 Å². The second-order valence-corrected chi connectivity index (χ2v) is 5.55. The standard InChI is InChI=1S/C16H16BrNO2/c1-11(13-5-3-7-15(18)9-13)16(19)20-10-12-4-2-6-14(17)8-12/h2-9,11H,10,18H2,1H3. The molecule has 2 N–H and O–H groups in total. The number of ether oxygens (including phenoxy) is 1. The number of benzene rings is 2. The van der Waals surface area contributed by atoms with Crippen LogP contribution in [0.2, 0.25) is 0 Å². The summed E-state index contributed by atoms with van der Waals surface area (Å²) in [4.78, 5) is 12.0. The summed E-state index contributed by atoms with van der Waals surface area (Å²) in [6, 6.07) is 15.0. The van der Waals surface area contributed by atoms with Crippen LogP contribution in [-0.2, 0) is 16.1 Å². The SMILES string of the molecule is CC(C(=O)OCc1cccc(Br)c1)c1cccc(N)c1. The van der Waals surface area contributed by atoms with Crippen LogP contribution in [0, 0.1) is 0 Å². The Morgan fingerprint density at radius 3 is 2.70 bits per heavy atom. The summed E-state index contributed by atoms with van der Waals surface area (Å²) in [5.41, 5.74) is 8.18. The van der Waals surface area contributed by atoms with Crippen molar-refractivity contribution < 1.29 is 9.53 Å². The third-order valence-corrected chi connectivity index (χ3v) is 3.53. The largest absolute Gasteiger partial charge is 0.460 e. The molecule has 0 aliphatic heterocycles. The van der Waals surface area contributed by atoms with Crippen molar-refractivity contribution in [2.45, 2.75) is 19.4 Å². The molecule has 0 amide bonds. The number of nitrogens with two attached hydrogens (primary N) is 1. The smallest absolute Gasteiger partial charge is 0.313 e. The van der Waals surface area contributed by atoms with Gasteiger partial charge in [0.15, 0.2) is 0 Å². The monoisotopic (exact) mass is 333 g/mol. The first-order valence-electron chi connectivity index (χ1n) is 6.33. The summed E-state index contributed by atoms with van der Waals surface area (Å²) >= 11 is 3.39. The predicted octanol–water partition coefficient (Wildman–Crippen LogP) is 3.88. The van der Waals surface area contributed by atoms with Crippen LogP contribution in [-0.4, -0.2) is 5.97 Å². The fourth-order valence-electron chi connectivity index (χ4n) is 1.87. The number of halogens is 1. The van der Waals surface area contributed by atoms with Crippen molar-refractivity contribution in [1.82, 2.24) is 0 Å². The van der Waals surface area contributed by atoms with Gasteiger partial charge in [-0.25, -0.2) is 0 Å². The molecule has 3 nitrogen and oxygen atoms in total. The van der Waals surface area contributed by atoms with Gasteiger partial charge >= 0.3 is 5.97 Å². The van der Waals surface area contributed by atoms with Crippen molar-refractivity contribution in [3.05, 3.63) is 64.1 Å². The van der Waals surface area contributed by atoms with E-state index >= 15 is 0 Å². The fraction of sp³-hybridized carbons (Fsp3) is 0.188. The highest BCUT2D eigenvalue weighted by Gasteiger charge is 2.16. The van der Waals surface area contributed by atoms with E-state index in [9.17, 15) is 4.79 Å². The first kappa shape index (κ1) is 14.6. The van der Waals surface area contributed by atoms with Gasteiger partial charge in [-0.2, -0.15) is 0 Å². The van der Waals surface area contributed by atoms with Crippen LogP contribution in [0.4, 0.5) is 5.69 Å². The highest BCUT2D eigenvalue weighted by atomic mass is 79.9. The zero-order valence-electron chi connectivity index (χ0n) is 11.2. The molecule has 0 aliphatic carbocycles. The van der Waals surface area contributed by atoms with E-state index in [0.717, 1.165) is 15.6 Å². The van der Waals surface area contributed by atoms with E-state index in [0.29, 0.717) is 5.69 Å². The van der Waals surface area contributed by atoms with Crippen LogP contribution in [0.25, 0.3) is 0 Å². The summed E-state index contributed by atoms with van der Waals surface area (Å²) in [6.45, 7) is 2.09. The van der Waals surface area contributed by atoms with Crippen LogP contribution in [0.1, 0.15) is 24.0 Å². The van der Waals surface area contributed by atoms with Crippen molar-refractivity contribution in [2.24, 2.45) is 0 Å². The molecule has 1 atom stereocenters. The molecule has 0 aromatic heterocycles. The van der Waals surface area contributed by atoms with Gasteiger partial charge < -0.3 is 10.5 Å². The van der Waals surface area contributed by atoms with Crippen molar-refractivity contribution in [1.29, 1.82) is 0 Å². The molecule has 0 spiro atoms. The van der Waals surface area contributed by atoms with Gasteiger partial charge in [0.25, 0.3) is 0 Å². The molecule has 0 radical (unpaired) electrons. The molecule has 1 unspecified atom stereocenters. The number of nitrogen functional groups attached to an aromatic ring is 1. The molecule has 0 saturated carbocycles. The molecule has 4 heteroatoms. The number of hydrogen-bond acceptors (Lipinski definition) is 3. The van der Waals surface area contributed by atoms with Gasteiger partial charge in [0.05, 0.1) is 5.92 Å². The zero-order valence-corrected chi connectivity index (χ0v) is 12.8. The Hall–Kier alpha value is -1.81. The summed E-state index contributed by atoms with van der Waals surface area (Å²) < 4.78 is 6.31. The van der Waals surface area contributed by atoms with Gasteiger partial charge in [-0.3, -0.25) is 4.79 Å². The average Bonchev–Trinajstić information content (AvgIpc) is 2.44. The first-order valence-corrected chi connectivity index (χ1v) is 7.12. The minimum atomic E-state index is -0.328. The second-order valence-electron chi connectivity index (χ2n) is 4.63. The predicted molar refractivity (Wildman–Crippen MR) is 83.2 cm³/mol. The van der Waals surface area contributed by atoms with Crippen molar-refractivity contribution in [3.8, 4) is 0 Å². The molecule has 0 bridgehead atoms. The van der Waals surface area contributed by atoms with Crippen LogP contribution >= 0.6 is 15.9 Å². The minimum Gasteiger partial charge on any atom is -0.460 e. The van der Waals surface area contributed by atoms with Gasteiger partial charge in [-0.1, -0.05) is 40.2 Å². The van der Waals surface area contributed by atoms with E-state index < -0.39 is 0 Å². The van der Waals surface area contributed by atoms with Gasteiger partial charge in [0.1, 0.15) is 6.61 Å². The molecule has 0 aliphatic rings. The number of carbonyl (C=O) groups excluding carboxylic acids is 1. The summed E-state index contributed by atoms with van der Waals surface area (Å²) in [7, 11) is 0. The van der Waals surface area contributed by atoms with E-state index in [4.69, 9.17) is 10.5 Å². The quantitative estimate of drug-likeness (QED) is 0.682. The molecule has 20 heavy (non-hydrogen) atoms. The molecular formula is C16H16BrNO2. The maximum atomic E-state index is 12.0. The third-order valence-electron chi connectivity index (χ3n) is 3.03. The fourth-order valence-corrected chi connectivity index (χ4v) is 2.32. The van der Waals surface area contributed by atoms with Crippen LogP contribution in [0.5, 0.6) is 0 Å². The van der Waals surface area contributed by atoms with Crippen molar-refractivity contribution in [2.75, 3.05) is 5.73 Å². The van der Waals surface area contributed by atoms with Gasteiger partial charge in [0.2, 0.25) is 0 Å². The Kier molecular flexibility index (Phi) is 4.79. The lowest BCUT2D eigenvalue weighted by Gasteiger charge is -2.12. The Morgan fingerprint density at radius 2 is 2.00 bits per heavy atom. The average molecular weight is 334 g/mol. The number of hydrogen-bond donors (Lipinski definition) is 1. The minimum absolute atomic E-state index is 0.254. The molecule has 0 fully saturated rings. The summed E-state index contributed by atoms with van der Waals surface area (Å²) in [5, 5.41) is 0. The maximum Gasteiger partial charge on any atom is 0.313 e. The second kappa shape index (κ2) is 6.57. The topological polar surface area (TPSA) is 52.3 Å². The van der Waals surface area contributed by atoms with E-state index in [1.807, 2.05) is 43.3 Å². The lowest BCUT2D eigenvalue weighted by Crippen LogP contribution is -2.13. The lowest BCUT2D eigenvalue weighted by atomic mass is 10.0. The third kappa shape index (κ3) is 3.84. The van der Waals surface area contributed by atoms with Crippen LogP contribution in [0.15, 0.2) is 53.0 Å². The van der Waals surface area contributed by atoms with Crippen LogP contribution in [0.3, 0.4) is 0 Å². The van der Waals surface area contributed by atoms with Gasteiger partial charge in [-0.15, -0.1) is 0 Å². The Morgan fingerprint density at radius 1 is 1.25 bits per heavy atom. The normalized spacial score (nSPS) is 11.9. The number of anilines is 1. The molecule has 0 heterocycles. The summed E-state index contributed by atoms with van der Waals surface area (Å²) in [5.74, 6) is -0.582. The molecule has 2 aromatic rings. The molecule has 2 aromatic carbocycles. The van der Waals surface area contributed by atoms with E-state index in [1.54, 1.807) is 12.1 Å². The van der Waals surface area contributed by atoms with Crippen LogP contribution < -0.4 is 5.73 Å². The number of carbonyl (C=O) groups is 1. The Bertz CT molecular complexity index is 613. The molecule has 0 saturated heterocycles. The molecular weight excluding hydrogens is 318 g/mol. The lowest BCUT2D eigenvalue weighted by molar-refractivity contribution is -0.146. The summed E-state index contributed by atoms with van der Waals surface area (Å²) in [6.07, 6.45) is 0. The van der Waals surface area contributed by atoms with Gasteiger partial charge in [0, 0.05) is 10.2 Å². The molecule has 2 rings (SSSR count). The highest BCUT2D eigenvalue weighted by Crippen LogP contribution is 2.20. The highest BCUT2D eigenvalue weighted by molar-refractivity contribution is 9.10. The van der Waals surface area contributed by atoms with E-state index in [2.05, 4.69) is 15.9 Å². The van der Waals surface area contributed by atoms with E-state index in [-0.39, 0.29) is 18.5 Å². The molecule has 104 valence electrons. The van der Waals surface area contributed by atoms with E-state index in [1.165, 1.54) is 0 Å². The Balaban J connectivity index is 1.98. The zero-order chi connectivity index (χ0) is 14.5. The number of esters is 1. The van der Waals surface area contributed by atoms with Gasteiger partial charge in [-0.05, 0) is 42.3 Å². The van der Waals surface area contributed by atoms with Crippen molar-refractivity contribution >= 4 is 27.6 Å². The maximum absolute atomic E-state index is 12.0. The first-order chi connectivity index (χ1) is 9.56. The Labute approximate surface area is 126 Å².